The van der Waals surface area contributed by atoms with Crippen molar-refractivity contribution in [1.82, 2.24) is 24.5 Å². The number of allylic oxidation sites excluding steroid dienone is 4. The minimum atomic E-state index is 0.0131. The minimum absolute atomic E-state index is 0.0131. The Labute approximate surface area is 226 Å². The van der Waals surface area contributed by atoms with Crippen molar-refractivity contribution in [2.45, 2.75) is 19.8 Å². The predicted molar refractivity (Wildman–Crippen MR) is 147 cm³/mol. The van der Waals surface area contributed by atoms with E-state index >= 15 is 0 Å². The quantitative estimate of drug-likeness (QED) is 0.399. The second kappa shape index (κ2) is 10.4. The molecule has 6 rings (SSSR count). The predicted octanol–water partition coefficient (Wildman–Crippen LogP) is 4.42. The number of aryl methyl sites for hydroxylation is 1. The number of hydrogen-bond acceptors (Lipinski definition) is 5. The van der Waals surface area contributed by atoms with Crippen LogP contribution in [0.2, 0.25) is 0 Å². The number of nitrogens with zero attached hydrogens (tertiary/aromatic N) is 5. The lowest BCUT2D eigenvalue weighted by Crippen LogP contribution is -2.40. The summed E-state index contributed by atoms with van der Waals surface area (Å²) in [6, 6.07) is 15.6. The van der Waals surface area contributed by atoms with Crippen LogP contribution in [0.25, 0.3) is 22.5 Å². The number of imidazole rings is 1. The molecule has 0 atom stereocenters. The van der Waals surface area contributed by atoms with Crippen LogP contribution in [-0.2, 0) is 11.2 Å². The lowest BCUT2D eigenvalue weighted by Gasteiger charge is -2.26. The molecule has 1 amide bonds. The third-order valence-electron chi connectivity index (χ3n) is 7.16. The number of aromatic amines is 1. The Morgan fingerprint density at radius 2 is 1.87 bits per heavy atom. The number of carbonyl (C=O) groups excluding carboxylic acids is 1. The summed E-state index contributed by atoms with van der Waals surface area (Å²) < 4.78 is 7.08. The molecule has 3 aromatic heterocycles. The smallest absolute Gasteiger partial charge is 0.254 e. The number of morpholine rings is 1. The van der Waals surface area contributed by atoms with Crippen LogP contribution in [0.3, 0.4) is 0 Å². The number of nitriles is 1. The maximum absolute atomic E-state index is 12.8. The summed E-state index contributed by atoms with van der Waals surface area (Å²) >= 11 is 0. The van der Waals surface area contributed by atoms with Gasteiger partial charge in [-0.3, -0.25) is 4.79 Å². The Bertz CT molecular complexity index is 1730. The van der Waals surface area contributed by atoms with Gasteiger partial charge in [-0.2, -0.15) is 10.4 Å². The molecule has 8 nitrogen and oxygen atoms in total. The van der Waals surface area contributed by atoms with Crippen LogP contribution in [0.4, 0.5) is 0 Å². The topological polar surface area (TPSA) is 99.3 Å². The van der Waals surface area contributed by atoms with Gasteiger partial charge in [-0.05, 0) is 62.1 Å². The second-order valence-corrected chi connectivity index (χ2v) is 9.60. The largest absolute Gasteiger partial charge is 0.378 e. The van der Waals surface area contributed by atoms with Crippen molar-refractivity contribution in [2.24, 2.45) is 0 Å². The maximum Gasteiger partial charge on any atom is 0.254 e. The van der Waals surface area contributed by atoms with Crippen LogP contribution in [0, 0.1) is 23.2 Å². The molecule has 1 aliphatic carbocycles. The van der Waals surface area contributed by atoms with Gasteiger partial charge in [0, 0.05) is 47.2 Å². The first kappa shape index (κ1) is 24.4. The van der Waals surface area contributed by atoms with E-state index in [1.54, 1.807) is 10.7 Å². The molecule has 0 radical (unpaired) electrons. The molecule has 8 heteroatoms. The van der Waals surface area contributed by atoms with Crippen LogP contribution in [-0.4, -0.2) is 56.7 Å². The molecule has 1 fully saturated rings. The lowest BCUT2D eigenvalue weighted by atomic mass is 9.94. The summed E-state index contributed by atoms with van der Waals surface area (Å²) in [6.07, 6.45) is 7.15. The van der Waals surface area contributed by atoms with E-state index in [4.69, 9.17) is 9.84 Å². The molecule has 1 aromatic carbocycles. The number of H-pyrrole nitrogens is 1. The van der Waals surface area contributed by atoms with Crippen molar-refractivity contribution in [3.05, 3.63) is 94.6 Å². The average Bonchev–Trinajstić information content (AvgIpc) is 3.62. The van der Waals surface area contributed by atoms with E-state index in [0.29, 0.717) is 48.8 Å². The Hall–Kier alpha value is -4.92. The monoisotopic (exact) mass is 514 g/mol. The van der Waals surface area contributed by atoms with Crippen molar-refractivity contribution < 1.29 is 9.53 Å². The molecule has 0 unspecified atom stereocenters. The highest BCUT2D eigenvalue weighted by molar-refractivity contribution is 5.94. The van der Waals surface area contributed by atoms with Gasteiger partial charge in [0.15, 0.2) is 5.65 Å². The maximum atomic E-state index is 12.8. The Kier molecular flexibility index (Phi) is 6.54. The zero-order valence-corrected chi connectivity index (χ0v) is 21.6. The van der Waals surface area contributed by atoms with Gasteiger partial charge in [0.05, 0.1) is 36.7 Å². The minimum Gasteiger partial charge on any atom is -0.378 e. The summed E-state index contributed by atoms with van der Waals surface area (Å²) in [7, 11) is 0. The van der Waals surface area contributed by atoms with E-state index in [-0.39, 0.29) is 5.91 Å². The second-order valence-electron chi connectivity index (χ2n) is 9.60. The number of carbonyl (C=O) groups is 1. The van der Waals surface area contributed by atoms with Crippen LogP contribution < -0.4 is 0 Å². The molecule has 1 N–H and O–H groups in total. The molecule has 0 bridgehead atoms. The van der Waals surface area contributed by atoms with Crippen LogP contribution in [0.5, 0.6) is 0 Å². The van der Waals surface area contributed by atoms with Crippen molar-refractivity contribution in [2.75, 3.05) is 26.3 Å². The van der Waals surface area contributed by atoms with E-state index in [1.807, 2.05) is 66.6 Å². The summed E-state index contributed by atoms with van der Waals surface area (Å²) in [5.41, 5.74) is 8.23. The first-order valence-electron chi connectivity index (χ1n) is 12.9. The Balaban J connectivity index is 1.31. The highest BCUT2D eigenvalue weighted by Gasteiger charge is 2.19. The molecular formula is C31H26N6O2. The molecule has 0 saturated carbocycles. The first-order chi connectivity index (χ1) is 19.1. The number of amides is 1. The normalized spacial score (nSPS) is 15.5. The van der Waals surface area contributed by atoms with Gasteiger partial charge >= 0.3 is 0 Å². The Morgan fingerprint density at radius 1 is 1.05 bits per heavy atom. The fraction of sp³-hybridized carbons (Fsp3) is 0.226. The molecule has 0 spiro atoms. The molecule has 1 aliphatic heterocycles. The van der Waals surface area contributed by atoms with Crippen molar-refractivity contribution in [1.29, 1.82) is 5.26 Å². The van der Waals surface area contributed by atoms with Gasteiger partial charge in [-0.25, -0.2) is 9.50 Å². The highest BCUT2D eigenvalue weighted by Crippen LogP contribution is 2.27. The molecule has 2 aliphatic rings. The molecule has 39 heavy (non-hydrogen) atoms. The summed E-state index contributed by atoms with van der Waals surface area (Å²) in [6.45, 7) is 4.36. The van der Waals surface area contributed by atoms with E-state index in [2.05, 4.69) is 27.9 Å². The number of benzene rings is 1. The van der Waals surface area contributed by atoms with Gasteiger partial charge in [-0.15, -0.1) is 0 Å². The summed E-state index contributed by atoms with van der Waals surface area (Å²) in [5.74, 6) is 6.52. The SMILES string of the molecule is CC1=C(C#N)C=C(C#Cc2cnc3ccc(-c4ccc(C(=O)N5CCOCC5)cc4)nn23)c2cc[nH]c2CC1. The average molecular weight is 515 g/mol. The van der Waals surface area contributed by atoms with Gasteiger partial charge < -0.3 is 14.6 Å². The number of aromatic nitrogens is 4. The van der Waals surface area contributed by atoms with Crippen LogP contribution >= 0.6 is 0 Å². The molecular weight excluding hydrogens is 488 g/mol. The van der Waals surface area contributed by atoms with Crippen molar-refractivity contribution in [3.8, 4) is 29.2 Å². The number of hydrogen-bond donors (Lipinski definition) is 1. The zero-order chi connectivity index (χ0) is 26.8. The standard InChI is InChI=1S/C31H26N6O2/c1-21-2-9-29-27(12-13-33-29)24(18-25(21)19-32)7-8-26-20-34-30-11-10-28(35-37(26)30)22-3-5-23(6-4-22)31(38)36-14-16-39-17-15-36/h3-6,10-13,18,20,33H,2,9,14-17H2,1H3. The number of fused-ring (bicyclic) bond motifs is 2. The third-order valence-corrected chi connectivity index (χ3v) is 7.16. The number of rotatable bonds is 2. The van der Waals surface area contributed by atoms with E-state index < -0.39 is 0 Å². The third kappa shape index (κ3) is 4.86. The van der Waals surface area contributed by atoms with Gasteiger partial charge in [0.2, 0.25) is 0 Å². The van der Waals surface area contributed by atoms with Crippen LogP contribution in [0.15, 0.2) is 72.1 Å². The Morgan fingerprint density at radius 3 is 2.67 bits per heavy atom. The zero-order valence-electron chi connectivity index (χ0n) is 21.6. The number of nitrogens with one attached hydrogen (secondary N) is 1. The highest BCUT2D eigenvalue weighted by atomic mass is 16.5. The van der Waals surface area contributed by atoms with Gasteiger partial charge in [0.25, 0.3) is 5.91 Å². The van der Waals surface area contributed by atoms with Crippen molar-refractivity contribution >= 4 is 17.1 Å². The summed E-state index contributed by atoms with van der Waals surface area (Å²) in [4.78, 5) is 22.4. The molecule has 4 heterocycles. The molecule has 1 saturated heterocycles. The van der Waals surface area contributed by atoms with Gasteiger partial charge in [0.1, 0.15) is 5.69 Å². The first-order valence-corrected chi connectivity index (χ1v) is 12.9. The molecule has 192 valence electrons. The molecule has 4 aromatic rings. The van der Waals surface area contributed by atoms with Crippen molar-refractivity contribution in [3.63, 3.8) is 0 Å². The lowest BCUT2D eigenvalue weighted by molar-refractivity contribution is 0.0303. The summed E-state index contributed by atoms with van der Waals surface area (Å²) in [5, 5.41) is 14.5. The van der Waals surface area contributed by atoms with E-state index in [9.17, 15) is 10.1 Å². The van der Waals surface area contributed by atoms with Gasteiger partial charge in [-0.1, -0.05) is 23.6 Å². The fourth-order valence-electron chi connectivity index (χ4n) is 4.86. The number of ether oxygens (including phenoxy) is 1. The van der Waals surface area contributed by atoms with E-state index in [0.717, 1.165) is 46.5 Å². The fourth-order valence-corrected chi connectivity index (χ4v) is 4.86. The van der Waals surface area contributed by atoms with Crippen LogP contribution in [0.1, 0.15) is 40.7 Å². The van der Waals surface area contributed by atoms with E-state index in [1.165, 1.54) is 0 Å².